The number of nitrogens with one attached hydrogen (secondary N) is 1. The summed E-state index contributed by atoms with van der Waals surface area (Å²) in [6.45, 7) is 0.772. The zero-order valence-corrected chi connectivity index (χ0v) is 26.5. The van der Waals surface area contributed by atoms with Crippen LogP contribution in [0.2, 0.25) is 5.02 Å². The van der Waals surface area contributed by atoms with Gasteiger partial charge in [0.1, 0.15) is 5.75 Å². The number of carbonyl (C=O) groups excluding carboxylic acids is 1. The first-order valence-corrected chi connectivity index (χ1v) is 15.5. The van der Waals surface area contributed by atoms with Crippen LogP contribution in [-0.4, -0.2) is 35.7 Å². The van der Waals surface area contributed by atoms with Gasteiger partial charge in [0.15, 0.2) is 11.6 Å². The van der Waals surface area contributed by atoms with Crippen molar-refractivity contribution in [2.75, 3.05) is 13.2 Å². The van der Waals surface area contributed by atoms with Crippen molar-refractivity contribution < 1.29 is 19.4 Å². The van der Waals surface area contributed by atoms with Crippen molar-refractivity contribution in [2.24, 2.45) is 4.99 Å². The lowest BCUT2D eigenvalue weighted by atomic mass is 9.82. The van der Waals surface area contributed by atoms with E-state index in [1.165, 1.54) is 0 Å². The number of aliphatic imine (C=N–C) groups is 1. The summed E-state index contributed by atoms with van der Waals surface area (Å²) >= 11 is 13.4. The summed E-state index contributed by atoms with van der Waals surface area (Å²) in [7, 11) is 0. The molecule has 0 aromatic heterocycles. The molecule has 0 bridgehead atoms. The number of halogens is 3. The average molecular weight is 713 g/mol. The molecule has 0 spiro atoms. The van der Waals surface area contributed by atoms with Gasteiger partial charge < -0.3 is 19.9 Å². The first-order chi connectivity index (χ1) is 20.4. The van der Waals surface area contributed by atoms with Gasteiger partial charge in [-0.3, -0.25) is 4.79 Å². The van der Waals surface area contributed by atoms with Crippen LogP contribution in [0.1, 0.15) is 34.8 Å². The second kappa shape index (κ2) is 13.9. The second-order valence-electron chi connectivity index (χ2n) is 9.93. The second-order valence-corrected chi connectivity index (χ2v) is 12.1. The monoisotopic (exact) mass is 710 g/mol. The molecule has 0 radical (unpaired) electrons. The quantitative estimate of drug-likeness (QED) is 0.159. The van der Waals surface area contributed by atoms with Crippen molar-refractivity contribution in [3.8, 4) is 5.75 Å². The van der Waals surface area contributed by atoms with Crippen molar-refractivity contribution in [1.82, 2.24) is 5.32 Å². The molecule has 1 aliphatic heterocycles. The van der Waals surface area contributed by atoms with E-state index in [9.17, 15) is 4.79 Å². The highest BCUT2D eigenvalue weighted by Crippen LogP contribution is 2.44. The highest BCUT2D eigenvalue weighted by Gasteiger charge is 2.53. The number of hydrogen-bond acceptors (Lipinski definition) is 5. The normalized spacial score (nSPS) is 17.8. The van der Waals surface area contributed by atoms with Crippen LogP contribution >= 0.6 is 43.5 Å². The Hall–Kier alpha value is -3.17. The molecule has 5 rings (SSSR count). The molecule has 4 aromatic carbocycles. The maximum absolute atomic E-state index is 14.4. The van der Waals surface area contributed by atoms with Gasteiger partial charge in [-0.1, -0.05) is 85.9 Å². The molecule has 0 unspecified atom stereocenters. The van der Waals surface area contributed by atoms with Gasteiger partial charge in [0.25, 0.3) is 5.91 Å². The number of benzene rings is 4. The van der Waals surface area contributed by atoms with Gasteiger partial charge in [-0.05, 0) is 65.7 Å². The van der Waals surface area contributed by atoms with Crippen LogP contribution in [0.15, 0.2) is 111 Å². The number of nitrogens with zero attached hydrogens (tertiary/aromatic N) is 1. The van der Waals surface area contributed by atoms with Crippen LogP contribution in [0.3, 0.4) is 0 Å². The Labute approximate surface area is 267 Å². The molecular formula is C33H29Br2ClN2O4. The Morgan fingerprint density at radius 2 is 1.74 bits per heavy atom. The molecule has 1 amide bonds. The molecule has 42 heavy (non-hydrogen) atoms. The van der Waals surface area contributed by atoms with Gasteiger partial charge >= 0.3 is 0 Å². The van der Waals surface area contributed by atoms with E-state index in [4.69, 9.17) is 31.2 Å². The van der Waals surface area contributed by atoms with Crippen molar-refractivity contribution in [3.63, 3.8) is 0 Å². The number of aliphatic hydroxyl groups is 1. The molecule has 9 heteroatoms. The van der Waals surface area contributed by atoms with E-state index in [1.54, 1.807) is 6.07 Å². The van der Waals surface area contributed by atoms with Crippen molar-refractivity contribution in [2.45, 2.75) is 31.0 Å². The molecule has 2 atom stereocenters. The van der Waals surface area contributed by atoms with Gasteiger partial charge in [-0.15, -0.1) is 0 Å². The van der Waals surface area contributed by atoms with Crippen LogP contribution in [-0.2, 0) is 22.5 Å². The average Bonchev–Trinajstić information content (AvgIpc) is 3.38. The molecule has 0 fully saturated rings. The number of ether oxygens (including phenoxy) is 2. The zero-order valence-electron chi connectivity index (χ0n) is 22.6. The molecular weight excluding hydrogens is 684 g/mol. The number of rotatable bonds is 11. The Bertz CT molecular complexity index is 1560. The van der Waals surface area contributed by atoms with E-state index in [0.29, 0.717) is 36.1 Å². The van der Waals surface area contributed by atoms with Crippen molar-refractivity contribution in [1.29, 1.82) is 0 Å². The van der Waals surface area contributed by atoms with Crippen molar-refractivity contribution >= 4 is 55.3 Å². The molecule has 1 aliphatic rings. The lowest BCUT2D eigenvalue weighted by molar-refractivity contribution is -0.129. The van der Waals surface area contributed by atoms with E-state index in [1.807, 2.05) is 91.0 Å². The SMILES string of the molecule is O=C(NCc1cccc(Cl)c1)[C@]1(Cc2ccc(Br)cc2)N=C(c2ccc(OCCCO)cc2)O[C@@H]1c1ccccc1Br. The van der Waals surface area contributed by atoms with Crippen LogP contribution < -0.4 is 10.1 Å². The standard InChI is InChI=1S/C33H29Br2ClN2O4/c34-25-13-9-22(10-14-25)20-33(32(40)37-21-23-5-3-6-26(36)19-23)30(28-7-1-2-8-29(28)35)42-31(38-33)24-11-15-27(16-12-24)41-18-4-17-39/h1-3,5-16,19,30,39H,4,17-18,20-21H2,(H,37,40)/t30-,33-/m1/s1. The van der Waals surface area contributed by atoms with Gasteiger partial charge in [-0.2, -0.15) is 0 Å². The van der Waals surface area contributed by atoms with E-state index < -0.39 is 11.6 Å². The summed E-state index contributed by atoms with van der Waals surface area (Å²) in [5.41, 5.74) is 2.04. The van der Waals surface area contributed by atoms with Crippen LogP contribution in [0.4, 0.5) is 0 Å². The van der Waals surface area contributed by atoms with E-state index in [0.717, 1.165) is 31.2 Å². The van der Waals surface area contributed by atoms with E-state index in [2.05, 4.69) is 37.2 Å². The van der Waals surface area contributed by atoms with E-state index >= 15 is 0 Å². The summed E-state index contributed by atoms with van der Waals surface area (Å²) in [6, 6.07) is 30.4. The van der Waals surface area contributed by atoms with Gasteiger partial charge in [0.2, 0.25) is 5.90 Å². The topological polar surface area (TPSA) is 80.2 Å². The molecule has 0 aliphatic carbocycles. The van der Waals surface area contributed by atoms with Crippen molar-refractivity contribution in [3.05, 3.63) is 133 Å². The summed E-state index contributed by atoms with van der Waals surface area (Å²) in [5, 5.41) is 12.8. The minimum Gasteiger partial charge on any atom is -0.494 e. The highest BCUT2D eigenvalue weighted by atomic mass is 79.9. The summed E-state index contributed by atoms with van der Waals surface area (Å²) in [6.07, 6.45) is 0.139. The molecule has 0 saturated carbocycles. The smallest absolute Gasteiger partial charge is 0.252 e. The molecule has 216 valence electrons. The number of hydrogen-bond donors (Lipinski definition) is 2. The summed E-state index contributed by atoms with van der Waals surface area (Å²) in [4.78, 5) is 19.5. The number of aliphatic hydroxyl groups excluding tert-OH is 1. The minimum absolute atomic E-state index is 0.0684. The Kier molecular flexibility index (Phi) is 10.0. The number of amides is 1. The zero-order chi connectivity index (χ0) is 29.5. The molecule has 2 N–H and O–H groups in total. The third-order valence-corrected chi connectivity index (χ3v) is 8.43. The predicted octanol–water partition coefficient (Wildman–Crippen LogP) is 7.44. The highest BCUT2D eigenvalue weighted by molar-refractivity contribution is 9.10. The fourth-order valence-electron chi connectivity index (χ4n) is 4.84. The maximum Gasteiger partial charge on any atom is 0.252 e. The van der Waals surface area contributed by atoms with Crippen LogP contribution in [0.25, 0.3) is 0 Å². The molecule has 4 aromatic rings. The number of carbonyl (C=O) groups is 1. The fraction of sp³-hybridized carbons (Fsp3) is 0.212. The maximum atomic E-state index is 14.4. The van der Waals surface area contributed by atoms with Crippen LogP contribution in [0, 0.1) is 0 Å². The first-order valence-electron chi connectivity index (χ1n) is 13.5. The Morgan fingerprint density at radius 3 is 2.45 bits per heavy atom. The minimum atomic E-state index is -1.32. The predicted molar refractivity (Wildman–Crippen MR) is 172 cm³/mol. The third-order valence-electron chi connectivity index (χ3n) is 6.95. The summed E-state index contributed by atoms with van der Waals surface area (Å²) in [5.74, 6) is 0.784. The Balaban J connectivity index is 1.56. The molecule has 1 heterocycles. The lowest BCUT2D eigenvalue weighted by Gasteiger charge is -2.31. The largest absolute Gasteiger partial charge is 0.494 e. The Morgan fingerprint density at radius 1 is 0.976 bits per heavy atom. The van der Waals surface area contributed by atoms with Gasteiger partial charge in [-0.25, -0.2) is 4.99 Å². The summed E-state index contributed by atoms with van der Waals surface area (Å²) < 4.78 is 14.1. The van der Waals surface area contributed by atoms with Gasteiger partial charge in [0, 0.05) is 51.1 Å². The third kappa shape index (κ3) is 7.06. The lowest BCUT2D eigenvalue weighted by Crippen LogP contribution is -2.49. The molecule has 6 nitrogen and oxygen atoms in total. The first kappa shape index (κ1) is 30.3. The molecule has 0 saturated heterocycles. The van der Waals surface area contributed by atoms with Gasteiger partial charge in [0.05, 0.1) is 6.61 Å². The fourth-order valence-corrected chi connectivity index (χ4v) is 5.81. The van der Waals surface area contributed by atoms with E-state index in [-0.39, 0.29) is 19.1 Å². The van der Waals surface area contributed by atoms with Crippen LogP contribution in [0.5, 0.6) is 5.75 Å².